The van der Waals surface area contributed by atoms with E-state index in [9.17, 15) is 4.39 Å². The molecule has 2 nitrogen and oxygen atoms in total. The molecule has 0 saturated carbocycles. The molecule has 0 spiro atoms. The van der Waals surface area contributed by atoms with Crippen molar-refractivity contribution in [2.45, 2.75) is 6.92 Å². The zero-order valence-corrected chi connectivity index (χ0v) is 10.4. The summed E-state index contributed by atoms with van der Waals surface area (Å²) in [4.78, 5) is 0. The summed E-state index contributed by atoms with van der Waals surface area (Å²) in [7, 11) is 3.12. The monoisotopic (exact) mass is 274 g/mol. The molecular formula is C11H12BrFO2. The van der Waals surface area contributed by atoms with E-state index in [4.69, 9.17) is 9.47 Å². The Morgan fingerprint density at radius 1 is 1.13 bits per heavy atom. The van der Waals surface area contributed by atoms with Crippen LogP contribution < -0.4 is 9.47 Å². The highest BCUT2D eigenvalue weighted by molar-refractivity contribution is 9.11. The van der Waals surface area contributed by atoms with Gasteiger partial charge in [0.05, 0.1) is 14.2 Å². The lowest BCUT2D eigenvalue weighted by molar-refractivity contribution is 0.394. The average Bonchev–Trinajstić information content (AvgIpc) is 2.27. The highest BCUT2D eigenvalue weighted by Crippen LogP contribution is 2.30. The summed E-state index contributed by atoms with van der Waals surface area (Å²) >= 11 is 2.80. The molecule has 0 N–H and O–H groups in total. The van der Waals surface area contributed by atoms with Gasteiger partial charge in [-0.25, -0.2) is 0 Å². The molecule has 0 amide bonds. The summed E-state index contributed by atoms with van der Waals surface area (Å²) in [5.74, 6) is 1.27. The van der Waals surface area contributed by atoms with E-state index in [2.05, 4.69) is 15.9 Å². The third-order valence-corrected chi connectivity index (χ3v) is 2.66. The van der Waals surface area contributed by atoms with Crippen molar-refractivity contribution < 1.29 is 13.9 Å². The van der Waals surface area contributed by atoms with Crippen molar-refractivity contribution in [3.05, 3.63) is 28.5 Å². The third kappa shape index (κ3) is 2.96. The van der Waals surface area contributed by atoms with Gasteiger partial charge in [0, 0.05) is 6.07 Å². The topological polar surface area (TPSA) is 18.5 Å². The molecule has 0 fully saturated rings. The molecule has 0 aliphatic carbocycles. The molecule has 15 heavy (non-hydrogen) atoms. The van der Waals surface area contributed by atoms with Gasteiger partial charge in [0.25, 0.3) is 0 Å². The van der Waals surface area contributed by atoms with E-state index in [1.165, 1.54) is 0 Å². The molecule has 0 bridgehead atoms. The number of hydrogen-bond donors (Lipinski definition) is 0. The first-order chi connectivity index (χ1) is 7.08. The Kier molecular flexibility index (Phi) is 4.15. The van der Waals surface area contributed by atoms with E-state index in [-0.39, 0.29) is 0 Å². The summed E-state index contributed by atoms with van der Waals surface area (Å²) < 4.78 is 22.7. The molecular weight excluding hydrogens is 263 g/mol. The quantitative estimate of drug-likeness (QED) is 0.836. The molecule has 0 heterocycles. The van der Waals surface area contributed by atoms with Gasteiger partial charge in [-0.15, -0.1) is 0 Å². The molecule has 0 unspecified atom stereocenters. The van der Waals surface area contributed by atoms with Crippen molar-refractivity contribution in [2.75, 3.05) is 14.2 Å². The number of allylic oxidation sites excluding steroid dienone is 1. The Morgan fingerprint density at radius 2 is 1.60 bits per heavy atom. The molecule has 0 aromatic heterocycles. The summed E-state index contributed by atoms with van der Waals surface area (Å²) in [6.07, 6.45) is 0. The SMILES string of the molecule is COc1cc(OC)cc(/C(C)=C(/F)Br)c1. The maximum atomic E-state index is 13.0. The van der Waals surface area contributed by atoms with Gasteiger partial charge in [0.1, 0.15) is 11.5 Å². The largest absolute Gasteiger partial charge is 0.497 e. The van der Waals surface area contributed by atoms with Crippen LogP contribution in [0.4, 0.5) is 4.39 Å². The van der Waals surface area contributed by atoms with Crippen LogP contribution >= 0.6 is 15.9 Å². The molecule has 0 radical (unpaired) electrons. The van der Waals surface area contributed by atoms with E-state index in [1.807, 2.05) is 0 Å². The fraction of sp³-hybridized carbons (Fsp3) is 0.273. The highest BCUT2D eigenvalue weighted by atomic mass is 79.9. The van der Waals surface area contributed by atoms with Crippen molar-refractivity contribution in [3.8, 4) is 11.5 Å². The second-order valence-electron chi connectivity index (χ2n) is 2.99. The Morgan fingerprint density at radius 3 is 1.93 bits per heavy atom. The smallest absolute Gasteiger partial charge is 0.169 e. The maximum absolute atomic E-state index is 13.0. The Hall–Kier alpha value is -1.03. The van der Waals surface area contributed by atoms with Gasteiger partial charge in [-0.3, -0.25) is 0 Å². The van der Waals surface area contributed by atoms with Crippen molar-refractivity contribution in [2.24, 2.45) is 0 Å². The molecule has 82 valence electrons. The summed E-state index contributed by atoms with van der Waals surface area (Å²) in [5.41, 5.74) is 1.23. The van der Waals surface area contributed by atoms with Crippen LogP contribution in [0.3, 0.4) is 0 Å². The first kappa shape index (κ1) is 12.0. The third-order valence-electron chi connectivity index (χ3n) is 2.07. The van der Waals surface area contributed by atoms with Crippen LogP contribution in [0.2, 0.25) is 0 Å². The van der Waals surface area contributed by atoms with Crippen molar-refractivity contribution in [3.63, 3.8) is 0 Å². The Balaban J connectivity index is 3.24. The average molecular weight is 275 g/mol. The van der Waals surface area contributed by atoms with Crippen LogP contribution in [-0.2, 0) is 0 Å². The molecule has 0 aliphatic heterocycles. The van der Waals surface area contributed by atoms with Gasteiger partial charge in [0.15, 0.2) is 4.74 Å². The Labute approximate surface area is 96.8 Å². The predicted molar refractivity (Wildman–Crippen MR) is 62.2 cm³/mol. The number of halogens is 2. The van der Waals surface area contributed by atoms with E-state index in [0.29, 0.717) is 17.1 Å². The van der Waals surface area contributed by atoms with Gasteiger partial charge in [-0.05, 0) is 46.1 Å². The molecule has 1 aromatic rings. The standard InChI is InChI=1S/C11H12BrFO2/c1-7(11(12)13)8-4-9(14-2)6-10(5-8)15-3/h4-6H,1-3H3/b11-7+. The zero-order valence-electron chi connectivity index (χ0n) is 8.80. The van der Waals surface area contributed by atoms with Crippen LogP contribution in [-0.4, -0.2) is 14.2 Å². The minimum absolute atomic E-state index is 0.391. The lowest BCUT2D eigenvalue weighted by Crippen LogP contribution is -1.90. The number of benzene rings is 1. The first-order valence-electron chi connectivity index (χ1n) is 4.33. The van der Waals surface area contributed by atoms with Gasteiger partial charge >= 0.3 is 0 Å². The first-order valence-corrected chi connectivity index (χ1v) is 5.13. The summed E-state index contributed by atoms with van der Waals surface area (Å²) in [6, 6.07) is 5.24. The van der Waals surface area contributed by atoms with Gasteiger partial charge in [-0.1, -0.05) is 0 Å². The predicted octanol–water partition coefficient (Wildman–Crippen LogP) is 3.76. The van der Waals surface area contributed by atoms with Crippen molar-refractivity contribution in [1.82, 2.24) is 0 Å². The highest BCUT2D eigenvalue weighted by Gasteiger charge is 2.06. The van der Waals surface area contributed by atoms with Gasteiger partial charge in [0.2, 0.25) is 0 Å². The van der Waals surface area contributed by atoms with Crippen LogP contribution in [0.15, 0.2) is 22.9 Å². The van der Waals surface area contributed by atoms with Crippen LogP contribution in [0.25, 0.3) is 5.57 Å². The second-order valence-corrected chi connectivity index (χ2v) is 3.68. The zero-order chi connectivity index (χ0) is 11.4. The van der Waals surface area contributed by atoms with E-state index in [1.54, 1.807) is 39.3 Å². The molecule has 0 atom stereocenters. The molecule has 0 aliphatic rings. The molecule has 1 aromatic carbocycles. The van der Waals surface area contributed by atoms with Gasteiger partial charge < -0.3 is 9.47 Å². The van der Waals surface area contributed by atoms with E-state index < -0.39 is 4.74 Å². The second kappa shape index (κ2) is 5.16. The fourth-order valence-corrected chi connectivity index (χ4v) is 1.36. The number of rotatable bonds is 3. The number of methoxy groups -OCH3 is 2. The minimum atomic E-state index is -0.391. The van der Waals surface area contributed by atoms with Crippen LogP contribution in [0.1, 0.15) is 12.5 Å². The van der Waals surface area contributed by atoms with E-state index >= 15 is 0 Å². The van der Waals surface area contributed by atoms with Gasteiger partial charge in [-0.2, -0.15) is 4.39 Å². The molecule has 0 saturated heterocycles. The van der Waals surface area contributed by atoms with Crippen molar-refractivity contribution in [1.29, 1.82) is 0 Å². The van der Waals surface area contributed by atoms with Crippen molar-refractivity contribution >= 4 is 21.5 Å². The normalized spacial score (nSPS) is 12.1. The van der Waals surface area contributed by atoms with Crippen LogP contribution in [0.5, 0.6) is 11.5 Å². The number of ether oxygens (including phenoxy) is 2. The molecule has 1 rings (SSSR count). The lowest BCUT2D eigenvalue weighted by Gasteiger charge is -2.08. The summed E-state index contributed by atoms with van der Waals surface area (Å²) in [5, 5.41) is 0. The fourth-order valence-electron chi connectivity index (χ4n) is 1.13. The Bertz CT molecular complexity index is 362. The van der Waals surface area contributed by atoms with Crippen LogP contribution in [0, 0.1) is 0 Å². The maximum Gasteiger partial charge on any atom is 0.169 e. The number of hydrogen-bond acceptors (Lipinski definition) is 2. The lowest BCUT2D eigenvalue weighted by atomic mass is 10.1. The molecule has 4 heteroatoms. The minimum Gasteiger partial charge on any atom is -0.497 e. The van der Waals surface area contributed by atoms with E-state index in [0.717, 1.165) is 5.56 Å². The summed E-state index contributed by atoms with van der Waals surface area (Å²) in [6.45, 7) is 1.68.